The van der Waals surface area contributed by atoms with Crippen molar-refractivity contribution in [1.29, 1.82) is 0 Å². The number of amides is 4. The van der Waals surface area contributed by atoms with E-state index in [-0.39, 0.29) is 35.8 Å². The van der Waals surface area contributed by atoms with Gasteiger partial charge in [0.15, 0.2) is 0 Å². The molecule has 7 rings (SSSR count). The van der Waals surface area contributed by atoms with E-state index in [0.29, 0.717) is 33.8 Å². The van der Waals surface area contributed by atoms with E-state index in [0.717, 1.165) is 11.1 Å². The van der Waals surface area contributed by atoms with Gasteiger partial charge in [-0.2, -0.15) is 0 Å². The van der Waals surface area contributed by atoms with E-state index in [1.54, 1.807) is 24.3 Å². The number of rotatable bonds is 3. The molecular weight excluding hydrogens is 552 g/mol. The van der Waals surface area contributed by atoms with Crippen molar-refractivity contribution >= 4 is 40.9 Å². The third kappa shape index (κ3) is 3.52. The van der Waals surface area contributed by atoms with Gasteiger partial charge < -0.3 is 5.11 Å². The average molecular weight is 581 g/mol. The molecule has 2 heterocycles. The van der Waals surface area contributed by atoms with Crippen LogP contribution in [0.15, 0.2) is 78.4 Å². The number of fused-ring (bicyclic) bond motifs is 4. The molecule has 4 aliphatic rings. The van der Waals surface area contributed by atoms with Gasteiger partial charge in [0.25, 0.3) is 0 Å². The summed E-state index contributed by atoms with van der Waals surface area (Å²) >= 11 is 6.33. The number of hydrogen-bond acceptors (Lipinski definition) is 5. The summed E-state index contributed by atoms with van der Waals surface area (Å²) in [5.74, 6) is -4.11. The second kappa shape index (κ2) is 9.39. The van der Waals surface area contributed by atoms with Crippen LogP contribution < -0.4 is 10.2 Å². The topological polar surface area (TPSA) is 104 Å². The van der Waals surface area contributed by atoms with Crippen LogP contribution in [0.5, 0.6) is 5.75 Å². The highest BCUT2D eigenvalue weighted by molar-refractivity contribution is 6.32. The highest BCUT2D eigenvalue weighted by Crippen LogP contribution is 2.64. The molecule has 3 aromatic rings. The molecule has 2 aliphatic heterocycles. The lowest BCUT2D eigenvalue weighted by Gasteiger charge is -2.51. The van der Waals surface area contributed by atoms with E-state index < -0.39 is 35.0 Å². The number of anilines is 1. The zero-order valence-corrected chi connectivity index (χ0v) is 23.9. The van der Waals surface area contributed by atoms with Crippen LogP contribution in [0, 0.1) is 37.5 Å². The van der Waals surface area contributed by atoms with Crippen LogP contribution in [0.2, 0.25) is 5.02 Å². The Bertz CT molecular complexity index is 1710. The van der Waals surface area contributed by atoms with Gasteiger partial charge in [0.2, 0.25) is 23.6 Å². The third-order valence-corrected chi connectivity index (χ3v) is 10.1. The number of phenols is 1. The van der Waals surface area contributed by atoms with Crippen LogP contribution in [0.3, 0.4) is 0 Å². The van der Waals surface area contributed by atoms with Gasteiger partial charge in [-0.15, -0.1) is 0 Å². The Morgan fingerprint density at radius 2 is 1.62 bits per heavy atom. The molecular formula is C34H29ClN2O5. The van der Waals surface area contributed by atoms with E-state index in [1.807, 2.05) is 62.4 Å². The number of allylic oxidation sites excluding steroid dienone is 2. The van der Waals surface area contributed by atoms with Crippen LogP contribution in [0.4, 0.5) is 5.69 Å². The summed E-state index contributed by atoms with van der Waals surface area (Å²) in [6, 6.07) is 19.9. The maximum atomic E-state index is 15.1. The Labute approximate surface area is 248 Å². The number of carbonyl (C=O) groups is 4. The lowest BCUT2D eigenvalue weighted by Crippen LogP contribution is -2.53. The first-order valence-corrected chi connectivity index (χ1v) is 14.6. The summed E-state index contributed by atoms with van der Waals surface area (Å²) in [5, 5.41) is 13.6. The average Bonchev–Trinajstić information content (AvgIpc) is 3.39. The highest BCUT2D eigenvalue weighted by Gasteiger charge is 2.69. The van der Waals surface area contributed by atoms with Crippen molar-refractivity contribution in [1.82, 2.24) is 5.32 Å². The monoisotopic (exact) mass is 580 g/mol. The molecule has 1 saturated carbocycles. The van der Waals surface area contributed by atoms with Gasteiger partial charge in [-0.1, -0.05) is 71.8 Å². The maximum Gasteiger partial charge on any atom is 0.246 e. The first kappa shape index (κ1) is 26.7. The second-order valence-corrected chi connectivity index (χ2v) is 12.4. The molecule has 212 valence electrons. The second-order valence-electron chi connectivity index (χ2n) is 12.0. The summed E-state index contributed by atoms with van der Waals surface area (Å²) in [5.41, 5.74) is 2.74. The number of phenolic OH excluding ortho intramolecular Hbond substituents is 1. The van der Waals surface area contributed by atoms with Gasteiger partial charge in [0.05, 0.1) is 28.9 Å². The molecule has 6 unspecified atom stereocenters. The lowest BCUT2D eigenvalue weighted by atomic mass is 9.49. The molecule has 42 heavy (non-hydrogen) atoms. The number of benzene rings is 3. The predicted molar refractivity (Wildman–Crippen MR) is 157 cm³/mol. The van der Waals surface area contributed by atoms with Crippen molar-refractivity contribution < 1.29 is 24.3 Å². The van der Waals surface area contributed by atoms with E-state index in [1.165, 1.54) is 4.90 Å². The molecule has 3 fully saturated rings. The third-order valence-electron chi connectivity index (χ3n) is 9.86. The quantitative estimate of drug-likeness (QED) is 0.331. The fourth-order valence-electron chi connectivity index (χ4n) is 8.19. The lowest BCUT2D eigenvalue weighted by molar-refractivity contribution is -0.128. The molecule has 2 aliphatic carbocycles. The van der Waals surface area contributed by atoms with Gasteiger partial charge in [-0.05, 0) is 73.1 Å². The molecule has 0 radical (unpaired) electrons. The van der Waals surface area contributed by atoms with Crippen LogP contribution in [0.1, 0.15) is 41.0 Å². The van der Waals surface area contributed by atoms with Crippen LogP contribution >= 0.6 is 11.6 Å². The number of hydrogen-bond donors (Lipinski definition) is 2. The largest absolute Gasteiger partial charge is 0.507 e. The van der Waals surface area contributed by atoms with Gasteiger partial charge in [0, 0.05) is 10.9 Å². The Morgan fingerprint density at radius 1 is 0.905 bits per heavy atom. The number of aromatic hydroxyl groups is 1. The van der Waals surface area contributed by atoms with Gasteiger partial charge in [0.1, 0.15) is 5.75 Å². The van der Waals surface area contributed by atoms with Crippen molar-refractivity contribution in [3.8, 4) is 5.75 Å². The number of aryl methyl sites for hydroxylation is 2. The fraction of sp³-hybridized carbons (Fsp3) is 0.294. The van der Waals surface area contributed by atoms with E-state index in [2.05, 4.69) is 5.32 Å². The SMILES string of the molecule is Cc1cc(C2C3=CCC4C(=O)NC(=O)C4C3CC3C(=O)N(c4cccc(Cl)c4)C(=O)C32c2ccccc2)cc(C)c1O. The zero-order valence-electron chi connectivity index (χ0n) is 23.1. The van der Waals surface area contributed by atoms with Crippen molar-refractivity contribution in [3.63, 3.8) is 0 Å². The normalized spacial score (nSPS) is 30.0. The molecule has 4 amide bonds. The minimum Gasteiger partial charge on any atom is -0.507 e. The molecule has 2 saturated heterocycles. The smallest absolute Gasteiger partial charge is 0.246 e. The number of carbonyl (C=O) groups excluding carboxylic acids is 4. The maximum absolute atomic E-state index is 15.1. The van der Waals surface area contributed by atoms with Crippen LogP contribution in [-0.4, -0.2) is 28.7 Å². The van der Waals surface area contributed by atoms with Crippen molar-refractivity contribution in [2.45, 2.75) is 38.0 Å². The number of imide groups is 2. The van der Waals surface area contributed by atoms with Gasteiger partial charge >= 0.3 is 0 Å². The van der Waals surface area contributed by atoms with Gasteiger partial charge in [-0.3, -0.25) is 24.5 Å². The molecule has 7 nitrogen and oxygen atoms in total. The van der Waals surface area contributed by atoms with E-state index in [9.17, 15) is 19.5 Å². The minimum absolute atomic E-state index is 0.171. The Morgan fingerprint density at radius 3 is 2.31 bits per heavy atom. The van der Waals surface area contributed by atoms with Crippen LogP contribution in [0.25, 0.3) is 0 Å². The minimum atomic E-state index is -1.33. The van der Waals surface area contributed by atoms with Gasteiger partial charge in [-0.25, -0.2) is 4.90 Å². The Kier molecular flexibility index (Phi) is 5.96. The van der Waals surface area contributed by atoms with Crippen molar-refractivity contribution in [2.24, 2.45) is 23.7 Å². The van der Waals surface area contributed by atoms with Crippen molar-refractivity contribution in [3.05, 3.63) is 106 Å². The summed E-state index contributed by atoms with van der Waals surface area (Å²) in [6.45, 7) is 3.63. The molecule has 0 aromatic heterocycles. The first-order chi connectivity index (χ1) is 20.1. The van der Waals surface area contributed by atoms with Crippen LogP contribution in [-0.2, 0) is 24.6 Å². The molecule has 3 aromatic carbocycles. The summed E-state index contributed by atoms with van der Waals surface area (Å²) in [7, 11) is 0. The number of nitrogens with one attached hydrogen (secondary N) is 1. The Balaban J connectivity index is 1.54. The molecule has 8 heteroatoms. The summed E-state index contributed by atoms with van der Waals surface area (Å²) < 4.78 is 0. The molecule has 6 atom stereocenters. The molecule has 0 spiro atoms. The summed E-state index contributed by atoms with van der Waals surface area (Å²) in [4.78, 5) is 56.8. The van der Waals surface area contributed by atoms with Crippen molar-refractivity contribution in [2.75, 3.05) is 4.90 Å². The summed E-state index contributed by atoms with van der Waals surface area (Å²) in [6.07, 6.45) is 2.64. The highest BCUT2D eigenvalue weighted by atomic mass is 35.5. The van der Waals surface area contributed by atoms with E-state index >= 15 is 4.79 Å². The van der Waals surface area contributed by atoms with E-state index in [4.69, 9.17) is 11.6 Å². The first-order valence-electron chi connectivity index (χ1n) is 14.2. The predicted octanol–water partition coefficient (Wildman–Crippen LogP) is 5.11. The molecule has 0 bridgehead atoms. The number of nitrogens with zero attached hydrogens (tertiary/aromatic N) is 1. The number of halogens is 1. The standard InChI is InChI=1S/C34H29ClN2O5/c1-17-13-19(14-18(2)29(17)38)28-23-11-12-24-27(31(40)36-30(24)39)25(23)16-26-32(41)37(22-10-6-9-21(35)15-22)33(42)34(26,28)20-7-4-3-5-8-20/h3-11,13-15,24-28,38H,12,16H2,1-2H3,(H,36,39,40). The molecule has 2 N–H and O–H groups in total. The fourth-order valence-corrected chi connectivity index (χ4v) is 8.37. The zero-order chi connectivity index (χ0) is 29.5. The Hall–Kier alpha value is -4.23.